The van der Waals surface area contributed by atoms with Crippen LogP contribution >= 0.6 is 0 Å². The minimum Gasteiger partial charge on any atom is -0.490 e. The number of aromatic amines is 1. The van der Waals surface area contributed by atoms with Gasteiger partial charge in [0.05, 0.1) is 23.1 Å². The summed E-state index contributed by atoms with van der Waals surface area (Å²) in [5.41, 5.74) is 0.201. The zero-order chi connectivity index (χ0) is 21.0. The van der Waals surface area contributed by atoms with Crippen molar-refractivity contribution in [3.05, 3.63) is 64.2 Å². The molecule has 0 aliphatic heterocycles. The second-order valence-electron chi connectivity index (χ2n) is 5.99. The summed E-state index contributed by atoms with van der Waals surface area (Å²) in [6, 6.07) is 10.5. The second-order valence-corrected chi connectivity index (χ2v) is 5.99. The van der Waals surface area contributed by atoms with Crippen molar-refractivity contribution in [2.75, 3.05) is 6.61 Å². The van der Waals surface area contributed by atoms with Gasteiger partial charge in [-0.2, -0.15) is 8.78 Å². The third-order valence-corrected chi connectivity index (χ3v) is 4.00. The molecule has 1 aromatic heterocycles. The lowest BCUT2D eigenvalue weighted by molar-refractivity contribution is -0.0514. The van der Waals surface area contributed by atoms with Gasteiger partial charge in [-0.1, -0.05) is 12.1 Å². The molecule has 0 saturated carbocycles. The maximum Gasteiger partial charge on any atom is 0.387 e. The van der Waals surface area contributed by atoms with E-state index in [1.807, 2.05) is 0 Å². The quantitative estimate of drug-likeness (QED) is 0.602. The number of hydrogen-bond donors (Lipinski definition) is 1. The molecule has 1 heterocycles. The van der Waals surface area contributed by atoms with E-state index in [2.05, 4.69) is 14.7 Å². The van der Waals surface area contributed by atoms with Crippen LogP contribution in [0.3, 0.4) is 0 Å². The molecule has 0 saturated heterocycles. The fourth-order valence-electron chi connectivity index (χ4n) is 2.68. The van der Waals surface area contributed by atoms with Crippen LogP contribution in [0.2, 0.25) is 0 Å². The van der Waals surface area contributed by atoms with Gasteiger partial charge in [0.25, 0.3) is 5.56 Å². The molecule has 0 fully saturated rings. The van der Waals surface area contributed by atoms with Crippen LogP contribution in [0, 0.1) is 0 Å². The Hall–Kier alpha value is -3.49. The first-order valence-electron chi connectivity index (χ1n) is 8.80. The van der Waals surface area contributed by atoms with Gasteiger partial charge in [-0.15, -0.1) is 0 Å². The average molecular weight is 404 g/mol. The van der Waals surface area contributed by atoms with Crippen molar-refractivity contribution in [3.63, 3.8) is 0 Å². The number of aromatic nitrogens is 2. The van der Waals surface area contributed by atoms with E-state index >= 15 is 0 Å². The molecule has 0 unspecified atom stereocenters. The SMILES string of the molecule is CCOc1cc(C(=O)O[C@H](C)c2nc3ccccc3c(=O)[nH]2)ccc1OC(F)F. The van der Waals surface area contributed by atoms with Gasteiger partial charge in [0.2, 0.25) is 0 Å². The lowest BCUT2D eigenvalue weighted by Gasteiger charge is -2.15. The van der Waals surface area contributed by atoms with Crippen molar-refractivity contribution in [1.82, 2.24) is 9.97 Å². The Kier molecular flexibility index (Phi) is 6.06. The van der Waals surface area contributed by atoms with Crippen molar-refractivity contribution in [2.24, 2.45) is 0 Å². The van der Waals surface area contributed by atoms with E-state index in [1.54, 1.807) is 38.1 Å². The number of alkyl halides is 2. The molecule has 0 bridgehead atoms. The highest BCUT2D eigenvalue weighted by atomic mass is 19.3. The largest absolute Gasteiger partial charge is 0.490 e. The normalized spacial score (nSPS) is 12.0. The lowest BCUT2D eigenvalue weighted by atomic mass is 10.2. The summed E-state index contributed by atoms with van der Waals surface area (Å²) in [6.45, 7) is 0.392. The molecular formula is C20H18F2N2O5. The van der Waals surface area contributed by atoms with Crippen molar-refractivity contribution < 1.29 is 27.8 Å². The molecule has 3 aromatic rings. The van der Waals surface area contributed by atoms with E-state index in [4.69, 9.17) is 9.47 Å². The number of fused-ring (bicyclic) bond motifs is 1. The summed E-state index contributed by atoms with van der Waals surface area (Å²) in [5, 5.41) is 0.422. The number of ether oxygens (including phenoxy) is 3. The van der Waals surface area contributed by atoms with Crippen LogP contribution in [-0.4, -0.2) is 29.2 Å². The minimum atomic E-state index is -3.03. The van der Waals surface area contributed by atoms with Crippen LogP contribution in [0.1, 0.15) is 36.1 Å². The number of carbonyl (C=O) groups excluding carboxylic acids is 1. The first-order chi connectivity index (χ1) is 13.9. The molecule has 0 spiro atoms. The third kappa shape index (κ3) is 4.68. The van der Waals surface area contributed by atoms with Crippen LogP contribution in [0.4, 0.5) is 8.78 Å². The summed E-state index contributed by atoms with van der Waals surface area (Å²) in [6.07, 6.45) is -0.854. The fourth-order valence-corrected chi connectivity index (χ4v) is 2.68. The number of nitrogens with zero attached hydrogens (tertiary/aromatic N) is 1. The number of rotatable bonds is 7. The van der Waals surface area contributed by atoms with Gasteiger partial charge in [0.15, 0.2) is 23.4 Å². The molecule has 3 rings (SSSR count). The van der Waals surface area contributed by atoms with Gasteiger partial charge in [-0.25, -0.2) is 9.78 Å². The van der Waals surface area contributed by atoms with Crippen molar-refractivity contribution >= 4 is 16.9 Å². The Morgan fingerprint density at radius 3 is 2.66 bits per heavy atom. The van der Waals surface area contributed by atoms with E-state index in [-0.39, 0.29) is 35.1 Å². The fraction of sp³-hybridized carbons (Fsp3) is 0.250. The third-order valence-electron chi connectivity index (χ3n) is 4.00. The summed E-state index contributed by atoms with van der Waals surface area (Å²) < 4.78 is 40.0. The highest BCUT2D eigenvalue weighted by molar-refractivity contribution is 5.90. The van der Waals surface area contributed by atoms with Crippen LogP contribution in [0.5, 0.6) is 11.5 Å². The molecule has 9 heteroatoms. The standard InChI is InChI=1S/C20H18F2N2O5/c1-3-27-16-10-12(8-9-15(16)29-20(21)22)19(26)28-11(2)17-23-14-7-5-4-6-13(14)18(25)24-17/h4-11,20H,3H2,1-2H3,(H,23,24,25)/t11-/m1/s1. The van der Waals surface area contributed by atoms with E-state index in [0.29, 0.717) is 10.9 Å². The number of para-hydroxylation sites is 1. The smallest absolute Gasteiger partial charge is 0.387 e. The maximum absolute atomic E-state index is 12.5. The average Bonchev–Trinajstić information content (AvgIpc) is 2.69. The van der Waals surface area contributed by atoms with Crippen molar-refractivity contribution in [3.8, 4) is 11.5 Å². The Morgan fingerprint density at radius 1 is 1.17 bits per heavy atom. The first-order valence-corrected chi connectivity index (χ1v) is 8.80. The van der Waals surface area contributed by atoms with Gasteiger partial charge < -0.3 is 19.2 Å². The Morgan fingerprint density at radius 2 is 1.93 bits per heavy atom. The molecule has 29 heavy (non-hydrogen) atoms. The minimum absolute atomic E-state index is 0.00728. The number of halogens is 2. The van der Waals surface area contributed by atoms with Crippen LogP contribution in [0.25, 0.3) is 10.9 Å². The van der Waals surface area contributed by atoms with Gasteiger partial charge >= 0.3 is 12.6 Å². The van der Waals surface area contributed by atoms with E-state index in [0.717, 1.165) is 0 Å². The molecule has 7 nitrogen and oxygen atoms in total. The van der Waals surface area contributed by atoms with Crippen LogP contribution in [-0.2, 0) is 4.74 Å². The van der Waals surface area contributed by atoms with Crippen LogP contribution < -0.4 is 15.0 Å². The molecular weight excluding hydrogens is 386 g/mol. The zero-order valence-corrected chi connectivity index (χ0v) is 15.6. The predicted octanol–water partition coefficient (Wildman–Crippen LogP) is 3.84. The summed E-state index contributed by atoms with van der Waals surface area (Å²) in [7, 11) is 0. The molecule has 1 N–H and O–H groups in total. The number of H-pyrrole nitrogens is 1. The summed E-state index contributed by atoms with van der Waals surface area (Å²) >= 11 is 0. The Balaban J connectivity index is 1.82. The number of hydrogen-bond acceptors (Lipinski definition) is 6. The second kappa shape index (κ2) is 8.68. The first kappa shape index (κ1) is 20.2. The maximum atomic E-state index is 12.5. The van der Waals surface area contributed by atoms with Crippen molar-refractivity contribution in [1.29, 1.82) is 0 Å². The summed E-state index contributed by atoms with van der Waals surface area (Å²) in [4.78, 5) is 31.6. The van der Waals surface area contributed by atoms with Crippen LogP contribution in [0.15, 0.2) is 47.3 Å². The highest BCUT2D eigenvalue weighted by Crippen LogP contribution is 2.30. The van der Waals surface area contributed by atoms with Gasteiger partial charge in [-0.05, 0) is 44.2 Å². The highest BCUT2D eigenvalue weighted by Gasteiger charge is 2.19. The monoisotopic (exact) mass is 404 g/mol. The Bertz CT molecular complexity index is 1080. The van der Waals surface area contributed by atoms with Crippen molar-refractivity contribution in [2.45, 2.75) is 26.6 Å². The molecule has 0 radical (unpaired) electrons. The molecule has 1 atom stereocenters. The number of nitrogens with one attached hydrogen (secondary N) is 1. The number of carbonyl (C=O) groups is 1. The van der Waals surface area contributed by atoms with Gasteiger partial charge in [0, 0.05) is 0 Å². The molecule has 2 aromatic carbocycles. The topological polar surface area (TPSA) is 90.5 Å². The molecule has 152 valence electrons. The molecule has 0 amide bonds. The van der Waals surface area contributed by atoms with E-state index in [1.165, 1.54) is 18.2 Å². The zero-order valence-electron chi connectivity index (χ0n) is 15.6. The molecule has 0 aliphatic rings. The lowest BCUT2D eigenvalue weighted by Crippen LogP contribution is -2.17. The summed E-state index contributed by atoms with van der Waals surface area (Å²) in [5.74, 6) is -0.748. The van der Waals surface area contributed by atoms with E-state index in [9.17, 15) is 18.4 Å². The predicted molar refractivity (Wildman–Crippen MR) is 100 cm³/mol. The van der Waals surface area contributed by atoms with Gasteiger partial charge in [-0.3, -0.25) is 4.79 Å². The number of esters is 1. The van der Waals surface area contributed by atoms with Gasteiger partial charge in [0.1, 0.15) is 0 Å². The van der Waals surface area contributed by atoms with E-state index < -0.39 is 18.7 Å². The molecule has 0 aliphatic carbocycles. The Labute approximate surface area is 164 Å². The number of benzene rings is 2.